The number of carbonyl (C=O) groups excluding carboxylic acids is 2. The summed E-state index contributed by atoms with van der Waals surface area (Å²) in [6.45, 7) is 2.89. The maximum atomic E-state index is 12.4. The second-order valence-corrected chi connectivity index (χ2v) is 5.15. The molecule has 17 heavy (non-hydrogen) atoms. The normalized spacial score (nSPS) is 38.9. The van der Waals surface area contributed by atoms with Crippen molar-refractivity contribution in [2.24, 2.45) is 23.7 Å². The van der Waals surface area contributed by atoms with Crippen LogP contribution in [0.5, 0.6) is 0 Å². The van der Waals surface area contributed by atoms with Crippen LogP contribution in [0.4, 0.5) is 4.79 Å². The van der Waals surface area contributed by atoms with Crippen molar-refractivity contribution in [1.29, 1.82) is 0 Å². The van der Waals surface area contributed by atoms with E-state index in [-0.39, 0.29) is 11.8 Å². The molecule has 4 atom stereocenters. The van der Waals surface area contributed by atoms with Crippen molar-refractivity contribution in [1.82, 2.24) is 4.90 Å². The lowest BCUT2D eigenvalue weighted by Gasteiger charge is -2.28. The van der Waals surface area contributed by atoms with Gasteiger partial charge in [0.15, 0.2) is 0 Å². The number of amides is 2. The summed E-state index contributed by atoms with van der Waals surface area (Å²) in [6, 6.07) is 0. The van der Waals surface area contributed by atoms with E-state index in [1.165, 1.54) is 4.90 Å². The number of cyclic esters (lactones) is 1. The average Bonchev–Trinajstić information content (AvgIpc) is 3.01. The fourth-order valence-corrected chi connectivity index (χ4v) is 3.62. The van der Waals surface area contributed by atoms with E-state index in [4.69, 9.17) is 4.74 Å². The topological polar surface area (TPSA) is 46.6 Å². The van der Waals surface area contributed by atoms with Crippen LogP contribution in [0.1, 0.15) is 19.8 Å². The van der Waals surface area contributed by atoms with Crippen LogP contribution < -0.4 is 0 Å². The Hall–Kier alpha value is -1.32. The van der Waals surface area contributed by atoms with Gasteiger partial charge in [0.05, 0.1) is 6.54 Å². The van der Waals surface area contributed by atoms with Crippen LogP contribution in [-0.4, -0.2) is 30.1 Å². The van der Waals surface area contributed by atoms with Crippen molar-refractivity contribution < 1.29 is 14.3 Å². The number of ether oxygens (including phenoxy) is 1. The van der Waals surface area contributed by atoms with Gasteiger partial charge in [0.2, 0.25) is 5.91 Å². The number of nitrogens with zero attached hydrogens (tertiary/aromatic N) is 1. The molecule has 3 rings (SSSR count). The Morgan fingerprint density at radius 3 is 2.88 bits per heavy atom. The van der Waals surface area contributed by atoms with Crippen LogP contribution >= 0.6 is 0 Å². The van der Waals surface area contributed by atoms with Crippen LogP contribution in [0.3, 0.4) is 0 Å². The summed E-state index contributed by atoms with van der Waals surface area (Å²) in [4.78, 5) is 25.1. The van der Waals surface area contributed by atoms with Crippen LogP contribution in [0.15, 0.2) is 12.2 Å². The minimum absolute atomic E-state index is 0.000602. The van der Waals surface area contributed by atoms with Gasteiger partial charge in [0.1, 0.15) is 6.61 Å². The molecule has 2 fully saturated rings. The second kappa shape index (κ2) is 3.86. The molecule has 1 saturated carbocycles. The Bertz CT molecular complexity index is 390. The largest absolute Gasteiger partial charge is 0.447 e. The zero-order valence-corrected chi connectivity index (χ0v) is 9.96. The summed E-state index contributed by atoms with van der Waals surface area (Å²) < 4.78 is 4.84. The molecular weight excluding hydrogens is 218 g/mol. The quantitative estimate of drug-likeness (QED) is 0.686. The molecule has 2 amide bonds. The van der Waals surface area contributed by atoms with Crippen LogP contribution in [0.2, 0.25) is 0 Å². The molecule has 0 aromatic rings. The maximum Gasteiger partial charge on any atom is 0.416 e. The van der Waals surface area contributed by atoms with E-state index in [0.717, 1.165) is 12.8 Å². The number of hydrogen-bond acceptors (Lipinski definition) is 3. The molecule has 1 heterocycles. The Morgan fingerprint density at radius 2 is 2.24 bits per heavy atom. The van der Waals surface area contributed by atoms with Gasteiger partial charge in [-0.15, -0.1) is 0 Å². The van der Waals surface area contributed by atoms with E-state index < -0.39 is 6.09 Å². The third-order valence-corrected chi connectivity index (χ3v) is 4.41. The number of carbonyl (C=O) groups is 2. The molecule has 2 aliphatic carbocycles. The molecule has 0 radical (unpaired) electrons. The highest BCUT2D eigenvalue weighted by atomic mass is 16.6. The molecule has 4 heteroatoms. The van der Waals surface area contributed by atoms with E-state index in [9.17, 15) is 9.59 Å². The van der Waals surface area contributed by atoms with Crippen LogP contribution in [0.25, 0.3) is 0 Å². The van der Waals surface area contributed by atoms with Crippen LogP contribution in [-0.2, 0) is 9.53 Å². The molecule has 92 valence electrons. The van der Waals surface area contributed by atoms with E-state index in [0.29, 0.717) is 30.9 Å². The number of allylic oxidation sites excluding steroid dienone is 2. The van der Waals surface area contributed by atoms with Crippen molar-refractivity contribution in [3.8, 4) is 0 Å². The molecule has 2 bridgehead atoms. The van der Waals surface area contributed by atoms with Gasteiger partial charge in [-0.3, -0.25) is 4.79 Å². The molecular formula is C13H17NO3. The average molecular weight is 235 g/mol. The van der Waals surface area contributed by atoms with E-state index in [1.807, 2.05) is 0 Å². The number of hydrogen-bond donors (Lipinski definition) is 0. The van der Waals surface area contributed by atoms with Gasteiger partial charge in [0, 0.05) is 5.92 Å². The molecule has 0 aromatic carbocycles. The van der Waals surface area contributed by atoms with Crippen LogP contribution in [0, 0.1) is 23.7 Å². The lowest BCUT2D eigenvalue weighted by Crippen LogP contribution is -2.41. The van der Waals surface area contributed by atoms with E-state index >= 15 is 0 Å². The molecule has 0 aromatic heterocycles. The third-order valence-electron chi connectivity index (χ3n) is 4.41. The lowest BCUT2D eigenvalue weighted by atomic mass is 9.80. The lowest BCUT2D eigenvalue weighted by molar-refractivity contribution is -0.134. The fourth-order valence-electron chi connectivity index (χ4n) is 3.62. The van der Waals surface area contributed by atoms with E-state index in [1.54, 1.807) is 0 Å². The zero-order valence-electron chi connectivity index (χ0n) is 9.96. The summed E-state index contributed by atoms with van der Waals surface area (Å²) in [5, 5.41) is 0. The SMILES string of the molecule is CCC1C(C(=O)N2CCOC2=O)[C@@H]2C=C[C@H]1C2. The highest BCUT2D eigenvalue weighted by molar-refractivity contribution is 5.95. The first kappa shape index (κ1) is 10.8. The highest BCUT2D eigenvalue weighted by Crippen LogP contribution is 2.50. The highest BCUT2D eigenvalue weighted by Gasteiger charge is 2.49. The summed E-state index contributed by atoms with van der Waals surface area (Å²) >= 11 is 0. The zero-order chi connectivity index (χ0) is 12.0. The first-order chi connectivity index (χ1) is 8.22. The van der Waals surface area contributed by atoms with Gasteiger partial charge in [-0.1, -0.05) is 25.5 Å². The minimum Gasteiger partial charge on any atom is -0.447 e. The summed E-state index contributed by atoms with van der Waals surface area (Å²) in [6.07, 6.45) is 6.02. The molecule has 2 unspecified atom stereocenters. The third kappa shape index (κ3) is 1.50. The summed E-state index contributed by atoms with van der Waals surface area (Å²) in [7, 11) is 0. The standard InChI is InChI=1S/C13H17NO3/c1-2-10-8-3-4-9(7-8)11(10)12(15)14-5-6-17-13(14)16/h3-4,8-11H,2,5-7H2,1H3/t8-,9+,10?,11?/m0/s1. The summed E-state index contributed by atoms with van der Waals surface area (Å²) in [5.41, 5.74) is 0. The molecule has 1 aliphatic heterocycles. The smallest absolute Gasteiger partial charge is 0.416 e. The summed E-state index contributed by atoms with van der Waals surface area (Å²) in [5.74, 6) is 1.27. The van der Waals surface area contributed by atoms with Crippen molar-refractivity contribution in [3.63, 3.8) is 0 Å². The van der Waals surface area contributed by atoms with Crippen molar-refractivity contribution in [3.05, 3.63) is 12.2 Å². The van der Waals surface area contributed by atoms with Gasteiger partial charge in [-0.25, -0.2) is 9.69 Å². The van der Waals surface area contributed by atoms with E-state index in [2.05, 4.69) is 19.1 Å². The number of rotatable bonds is 2. The Labute approximate surface area is 101 Å². The van der Waals surface area contributed by atoms with Gasteiger partial charge in [-0.05, 0) is 24.2 Å². The van der Waals surface area contributed by atoms with Gasteiger partial charge in [-0.2, -0.15) is 0 Å². The molecule has 1 saturated heterocycles. The Balaban J connectivity index is 1.81. The Kier molecular flexibility index (Phi) is 2.45. The first-order valence-corrected chi connectivity index (χ1v) is 6.39. The van der Waals surface area contributed by atoms with Gasteiger partial charge in [0.25, 0.3) is 0 Å². The predicted octanol–water partition coefficient (Wildman–Crippen LogP) is 1.81. The van der Waals surface area contributed by atoms with Crippen molar-refractivity contribution >= 4 is 12.0 Å². The van der Waals surface area contributed by atoms with Gasteiger partial charge >= 0.3 is 6.09 Å². The second-order valence-electron chi connectivity index (χ2n) is 5.15. The number of fused-ring (bicyclic) bond motifs is 2. The van der Waals surface area contributed by atoms with Crippen molar-refractivity contribution in [2.75, 3.05) is 13.2 Å². The Morgan fingerprint density at radius 1 is 1.47 bits per heavy atom. The molecule has 4 nitrogen and oxygen atoms in total. The maximum absolute atomic E-state index is 12.4. The number of imide groups is 1. The minimum atomic E-state index is -0.461. The monoisotopic (exact) mass is 235 g/mol. The predicted molar refractivity (Wildman–Crippen MR) is 61.1 cm³/mol. The van der Waals surface area contributed by atoms with Gasteiger partial charge < -0.3 is 4.74 Å². The fraction of sp³-hybridized carbons (Fsp3) is 0.692. The molecule has 0 spiro atoms. The van der Waals surface area contributed by atoms with Crippen molar-refractivity contribution in [2.45, 2.75) is 19.8 Å². The molecule has 3 aliphatic rings. The molecule has 0 N–H and O–H groups in total. The first-order valence-electron chi connectivity index (χ1n) is 6.39.